The van der Waals surface area contributed by atoms with Crippen molar-refractivity contribution in [3.63, 3.8) is 0 Å². The maximum absolute atomic E-state index is 10.3. The predicted octanol–water partition coefficient (Wildman–Crippen LogP) is 1.20. The van der Waals surface area contributed by atoms with Crippen LogP contribution in [0, 0.1) is 21.4 Å². The largest absolute Gasteiger partial charge is 0.433 e. The summed E-state index contributed by atoms with van der Waals surface area (Å²) in [4.78, 5) is 14.4. The minimum Gasteiger partial charge on any atom is -0.399 e. The summed E-state index contributed by atoms with van der Waals surface area (Å²) in [5.74, 6) is -0.0902. The molecule has 15 heavy (non-hydrogen) atoms. The highest BCUT2D eigenvalue weighted by Crippen LogP contribution is 2.21. The van der Waals surface area contributed by atoms with Crippen LogP contribution in [0.25, 0.3) is 0 Å². The zero-order chi connectivity index (χ0) is 10.8. The first-order valence-corrected chi connectivity index (χ1v) is 4.07. The van der Waals surface area contributed by atoms with Gasteiger partial charge in [0, 0.05) is 0 Å². The van der Waals surface area contributed by atoms with Gasteiger partial charge in [0.15, 0.2) is 5.76 Å². The molecule has 0 aromatic carbocycles. The molecule has 0 aliphatic carbocycles. The van der Waals surface area contributed by atoms with Crippen molar-refractivity contribution in [2.75, 3.05) is 0 Å². The molecule has 1 aromatic rings. The summed E-state index contributed by atoms with van der Waals surface area (Å²) in [7, 11) is 0. The Kier molecular flexibility index (Phi) is 2.10. The molecule has 7 nitrogen and oxygen atoms in total. The van der Waals surface area contributed by atoms with Crippen molar-refractivity contribution in [1.29, 1.82) is 5.26 Å². The summed E-state index contributed by atoms with van der Waals surface area (Å²) < 4.78 is 4.90. The summed E-state index contributed by atoms with van der Waals surface area (Å²) in [5, 5.41) is 22.5. The van der Waals surface area contributed by atoms with Gasteiger partial charge in [-0.2, -0.15) is 5.26 Å². The summed E-state index contributed by atoms with van der Waals surface area (Å²) >= 11 is 0. The molecule has 0 saturated heterocycles. The number of rotatable bonds is 2. The van der Waals surface area contributed by atoms with Crippen LogP contribution in [0.3, 0.4) is 0 Å². The third kappa shape index (κ3) is 1.65. The average molecular weight is 207 g/mol. The summed E-state index contributed by atoms with van der Waals surface area (Å²) in [6.07, 6.45) is -0.356. The standard InChI is InChI=1S/C8H5N3O4/c9-4-5-3-6(10-15-5)7-1-2-8(14-7)11(12)13/h1-2,5H,3H2. The first kappa shape index (κ1) is 9.21. The monoisotopic (exact) mass is 207 g/mol. The fourth-order valence-corrected chi connectivity index (χ4v) is 1.17. The van der Waals surface area contributed by atoms with E-state index in [0.29, 0.717) is 5.71 Å². The minimum absolute atomic E-state index is 0.263. The van der Waals surface area contributed by atoms with Crippen LogP contribution >= 0.6 is 0 Å². The van der Waals surface area contributed by atoms with Crippen molar-refractivity contribution in [2.24, 2.45) is 5.16 Å². The average Bonchev–Trinajstić information content (AvgIpc) is 2.86. The second-order valence-electron chi connectivity index (χ2n) is 2.86. The number of nitrogens with zero attached hydrogens (tertiary/aromatic N) is 3. The quantitative estimate of drug-likeness (QED) is 0.535. The van der Waals surface area contributed by atoms with Gasteiger partial charge in [0.2, 0.25) is 6.10 Å². The molecule has 76 valence electrons. The van der Waals surface area contributed by atoms with E-state index >= 15 is 0 Å². The van der Waals surface area contributed by atoms with E-state index in [-0.39, 0.29) is 18.1 Å². The number of hydrogen-bond acceptors (Lipinski definition) is 6. The molecule has 0 bridgehead atoms. The summed E-state index contributed by atoms with van der Waals surface area (Å²) in [6, 6.07) is 4.55. The molecule has 0 radical (unpaired) electrons. The maximum atomic E-state index is 10.3. The molecule has 0 spiro atoms. The van der Waals surface area contributed by atoms with E-state index < -0.39 is 11.0 Å². The number of oxime groups is 1. The zero-order valence-corrected chi connectivity index (χ0v) is 7.41. The van der Waals surface area contributed by atoms with Crippen LogP contribution < -0.4 is 0 Å². The molecule has 7 heteroatoms. The molecule has 1 aromatic heterocycles. The molecule has 2 rings (SSSR count). The number of nitriles is 1. The van der Waals surface area contributed by atoms with Crippen LogP contribution in [-0.4, -0.2) is 16.7 Å². The lowest BCUT2D eigenvalue weighted by Gasteiger charge is -1.91. The van der Waals surface area contributed by atoms with Gasteiger partial charge in [-0.3, -0.25) is 10.1 Å². The van der Waals surface area contributed by atoms with E-state index in [9.17, 15) is 10.1 Å². The van der Waals surface area contributed by atoms with Crippen molar-refractivity contribution < 1.29 is 14.2 Å². The Bertz CT molecular complexity index is 470. The molecule has 1 aliphatic rings. The molecule has 0 saturated carbocycles. The smallest absolute Gasteiger partial charge is 0.399 e. The molecule has 0 fully saturated rings. The lowest BCUT2D eigenvalue weighted by Crippen LogP contribution is -2.04. The van der Waals surface area contributed by atoms with E-state index in [2.05, 4.69) is 5.16 Å². The number of hydrogen-bond donors (Lipinski definition) is 0. The SMILES string of the molecule is N#CC1CC(c2ccc([N+](=O)[O-])o2)=NO1. The van der Waals surface area contributed by atoms with Gasteiger partial charge in [0.05, 0.1) is 12.5 Å². The predicted molar refractivity (Wildman–Crippen MR) is 47.0 cm³/mol. The maximum Gasteiger partial charge on any atom is 0.433 e. The molecular formula is C8H5N3O4. The van der Waals surface area contributed by atoms with Gasteiger partial charge in [-0.05, 0) is 6.07 Å². The Morgan fingerprint density at radius 2 is 2.47 bits per heavy atom. The second kappa shape index (κ2) is 3.42. The van der Waals surface area contributed by atoms with Gasteiger partial charge in [0.1, 0.15) is 16.7 Å². The van der Waals surface area contributed by atoms with E-state index in [4.69, 9.17) is 14.5 Å². The normalized spacial score (nSPS) is 19.1. The third-order valence-corrected chi connectivity index (χ3v) is 1.87. The van der Waals surface area contributed by atoms with Gasteiger partial charge in [-0.1, -0.05) is 5.16 Å². The van der Waals surface area contributed by atoms with Crippen LogP contribution in [0.15, 0.2) is 21.7 Å². The Morgan fingerprint density at radius 1 is 1.67 bits per heavy atom. The first-order valence-electron chi connectivity index (χ1n) is 4.07. The zero-order valence-electron chi connectivity index (χ0n) is 7.41. The Morgan fingerprint density at radius 3 is 3.00 bits per heavy atom. The third-order valence-electron chi connectivity index (χ3n) is 1.87. The van der Waals surface area contributed by atoms with Crippen LogP contribution in [0.2, 0.25) is 0 Å². The van der Waals surface area contributed by atoms with Crippen molar-refractivity contribution in [3.8, 4) is 6.07 Å². The summed E-state index contributed by atoms with van der Waals surface area (Å²) in [6.45, 7) is 0. The van der Waals surface area contributed by atoms with Gasteiger partial charge in [0.25, 0.3) is 0 Å². The molecule has 1 unspecified atom stereocenters. The lowest BCUT2D eigenvalue weighted by molar-refractivity contribution is -0.402. The van der Waals surface area contributed by atoms with E-state index in [0.717, 1.165) is 0 Å². The van der Waals surface area contributed by atoms with Crippen LogP contribution in [0.4, 0.5) is 5.88 Å². The molecule has 1 aliphatic heterocycles. The van der Waals surface area contributed by atoms with Crippen molar-refractivity contribution in [3.05, 3.63) is 28.0 Å². The highest BCUT2D eigenvalue weighted by atomic mass is 16.7. The highest BCUT2D eigenvalue weighted by Gasteiger charge is 2.25. The van der Waals surface area contributed by atoms with Gasteiger partial charge in [-0.25, -0.2) is 0 Å². The lowest BCUT2D eigenvalue weighted by atomic mass is 10.1. The van der Waals surface area contributed by atoms with E-state index in [1.165, 1.54) is 12.1 Å². The van der Waals surface area contributed by atoms with Crippen LogP contribution in [-0.2, 0) is 4.84 Å². The van der Waals surface area contributed by atoms with Crippen LogP contribution in [0.1, 0.15) is 12.2 Å². The Hall–Kier alpha value is -2.36. The molecule has 0 N–H and O–H groups in total. The first-order chi connectivity index (χ1) is 7.20. The topological polar surface area (TPSA) is 102 Å². The fourth-order valence-electron chi connectivity index (χ4n) is 1.17. The van der Waals surface area contributed by atoms with E-state index in [1.807, 2.05) is 6.07 Å². The van der Waals surface area contributed by atoms with Gasteiger partial charge >= 0.3 is 5.88 Å². The summed E-state index contributed by atoms with van der Waals surface area (Å²) in [5.41, 5.74) is 0.412. The molecular weight excluding hydrogens is 202 g/mol. The van der Waals surface area contributed by atoms with E-state index in [1.54, 1.807) is 0 Å². The fraction of sp³-hybridized carbons (Fsp3) is 0.250. The van der Waals surface area contributed by atoms with Crippen LogP contribution in [0.5, 0.6) is 0 Å². The number of furan rings is 1. The minimum atomic E-state index is -0.637. The Labute approximate surface area is 83.7 Å². The molecule has 0 amide bonds. The Balaban J connectivity index is 2.18. The van der Waals surface area contributed by atoms with Gasteiger partial charge in [-0.15, -0.1) is 0 Å². The highest BCUT2D eigenvalue weighted by molar-refractivity contribution is 5.99. The van der Waals surface area contributed by atoms with Crippen molar-refractivity contribution in [2.45, 2.75) is 12.5 Å². The van der Waals surface area contributed by atoms with Gasteiger partial charge < -0.3 is 9.25 Å². The number of nitro groups is 1. The van der Waals surface area contributed by atoms with Crippen molar-refractivity contribution in [1.82, 2.24) is 0 Å². The molecule has 2 heterocycles. The molecule has 1 atom stereocenters. The second-order valence-corrected chi connectivity index (χ2v) is 2.86. The van der Waals surface area contributed by atoms with Crippen molar-refractivity contribution >= 4 is 11.6 Å².